The van der Waals surface area contributed by atoms with Gasteiger partial charge < -0.3 is 15.5 Å². The molecule has 2 saturated heterocycles. The average Bonchev–Trinajstić information content (AvgIpc) is 2.53. The molecule has 2 N–H and O–H groups in total. The molecule has 1 unspecified atom stereocenters. The van der Waals surface area contributed by atoms with Gasteiger partial charge in [0.05, 0.1) is 11.6 Å². The van der Waals surface area contributed by atoms with E-state index in [0.717, 1.165) is 24.6 Å². The summed E-state index contributed by atoms with van der Waals surface area (Å²) in [6.07, 6.45) is 1.09. The first-order valence-corrected chi connectivity index (χ1v) is 8.96. The molecule has 25 heavy (non-hydrogen) atoms. The first kappa shape index (κ1) is 17.6. The molecule has 2 aliphatic heterocycles. The minimum absolute atomic E-state index is 0.00584. The van der Waals surface area contributed by atoms with Gasteiger partial charge in [0.1, 0.15) is 0 Å². The Hall–Kier alpha value is -2.18. The van der Waals surface area contributed by atoms with Gasteiger partial charge >= 0.3 is 0 Å². The van der Waals surface area contributed by atoms with E-state index in [2.05, 4.69) is 46.5 Å². The van der Waals surface area contributed by atoms with Crippen LogP contribution in [0.4, 0.5) is 5.82 Å². The van der Waals surface area contributed by atoms with Crippen molar-refractivity contribution in [3.8, 4) is 0 Å². The van der Waals surface area contributed by atoms with Gasteiger partial charge in [0.25, 0.3) is 0 Å². The number of aromatic nitrogens is 2. The lowest BCUT2D eigenvalue weighted by Gasteiger charge is -2.40. The van der Waals surface area contributed by atoms with Gasteiger partial charge in [0, 0.05) is 43.9 Å². The second-order valence-corrected chi connectivity index (χ2v) is 8.08. The van der Waals surface area contributed by atoms with Gasteiger partial charge in [-0.15, -0.1) is 5.10 Å². The lowest BCUT2D eigenvalue weighted by Crippen LogP contribution is -2.53. The minimum Gasteiger partial charge on any atom is -0.355 e. The van der Waals surface area contributed by atoms with Gasteiger partial charge in [0.15, 0.2) is 5.82 Å². The Kier molecular flexibility index (Phi) is 4.92. The van der Waals surface area contributed by atoms with E-state index < -0.39 is 0 Å². The van der Waals surface area contributed by atoms with Crippen LogP contribution < -0.4 is 15.5 Å². The monoisotopic (exact) mass is 345 g/mol. The molecule has 3 heterocycles. The van der Waals surface area contributed by atoms with Gasteiger partial charge in [-0.1, -0.05) is 20.8 Å². The average molecular weight is 345 g/mol. The summed E-state index contributed by atoms with van der Waals surface area (Å²) < 4.78 is 0. The summed E-state index contributed by atoms with van der Waals surface area (Å²) in [6.45, 7) is 9.26. The summed E-state index contributed by atoms with van der Waals surface area (Å²) in [7, 11) is 0. The second kappa shape index (κ2) is 6.98. The number of nitrogens with zero attached hydrogens (tertiary/aromatic N) is 3. The number of rotatable bonds is 4. The quantitative estimate of drug-likeness (QED) is 0.845. The predicted molar refractivity (Wildman–Crippen MR) is 95.2 cm³/mol. The zero-order chi connectivity index (χ0) is 18.0. The number of hydrogen-bond donors (Lipinski definition) is 2. The van der Waals surface area contributed by atoms with Crippen LogP contribution in [0.3, 0.4) is 0 Å². The number of hydrogen-bond acceptors (Lipinski definition) is 5. The highest BCUT2D eigenvalue weighted by molar-refractivity contribution is 5.83. The molecule has 1 atom stereocenters. The number of anilines is 1. The van der Waals surface area contributed by atoms with Crippen LogP contribution in [0.25, 0.3) is 0 Å². The van der Waals surface area contributed by atoms with Gasteiger partial charge in [-0.25, -0.2) is 0 Å². The molecule has 136 valence electrons. The fraction of sp³-hybridized carbons (Fsp3) is 0.667. The largest absolute Gasteiger partial charge is 0.355 e. The molecule has 3 rings (SSSR count). The highest BCUT2D eigenvalue weighted by Gasteiger charge is 2.30. The Morgan fingerprint density at radius 3 is 2.64 bits per heavy atom. The summed E-state index contributed by atoms with van der Waals surface area (Å²) in [4.78, 5) is 25.5. The van der Waals surface area contributed by atoms with E-state index in [1.165, 1.54) is 0 Å². The Balaban J connectivity index is 1.41. The van der Waals surface area contributed by atoms with E-state index in [9.17, 15) is 9.59 Å². The molecule has 0 aromatic carbocycles. The molecule has 2 amide bonds. The standard InChI is InChI=1S/C18H27N5O2/c1-18(2,3)14-5-6-15(22-21-14)23-10-12(11-23)8-20-17(25)13-4-7-16(24)19-9-13/h5-6,12-13H,4,7-11H2,1-3H3,(H,19,24)(H,20,25). The Bertz CT molecular complexity index is 622. The molecule has 7 nitrogen and oxygen atoms in total. The third-order valence-electron chi connectivity index (χ3n) is 4.90. The van der Waals surface area contributed by atoms with Gasteiger partial charge in [0.2, 0.25) is 11.8 Å². The highest BCUT2D eigenvalue weighted by atomic mass is 16.2. The predicted octanol–water partition coefficient (Wildman–Crippen LogP) is 0.853. The van der Waals surface area contributed by atoms with E-state index in [1.54, 1.807) is 0 Å². The molecule has 0 bridgehead atoms. The smallest absolute Gasteiger partial charge is 0.224 e. The second-order valence-electron chi connectivity index (χ2n) is 8.08. The van der Waals surface area contributed by atoms with Crippen LogP contribution in [-0.4, -0.2) is 48.2 Å². The van der Waals surface area contributed by atoms with Crippen molar-refractivity contribution in [3.05, 3.63) is 17.8 Å². The van der Waals surface area contributed by atoms with Crippen molar-refractivity contribution in [2.45, 2.75) is 39.0 Å². The molecular formula is C18H27N5O2. The van der Waals surface area contributed by atoms with E-state index in [4.69, 9.17) is 0 Å². The fourth-order valence-electron chi connectivity index (χ4n) is 3.13. The van der Waals surface area contributed by atoms with Crippen molar-refractivity contribution in [2.24, 2.45) is 11.8 Å². The van der Waals surface area contributed by atoms with E-state index >= 15 is 0 Å². The molecule has 1 aromatic rings. The lowest BCUT2D eigenvalue weighted by molar-refractivity contribution is -0.129. The maximum atomic E-state index is 12.1. The number of amides is 2. The zero-order valence-corrected chi connectivity index (χ0v) is 15.2. The third kappa shape index (κ3) is 4.27. The van der Waals surface area contributed by atoms with Crippen LogP contribution in [0.2, 0.25) is 0 Å². The maximum absolute atomic E-state index is 12.1. The van der Waals surface area contributed by atoms with Crippen LogP contribution in [-0.2, 0) is 15.0 Å². The number of carbonyl (C=O) groups excluding carboxylic acids is 2. The van der Waals surface area contributed by atoms with Crippen molar-refractivity contribution in [1.82, 2.24) is 20.8 Å². The molecule has 0 radical (unpaired) electrons. The highest BCUT2D eigenvalue weighted by Crippen LogP contribution is 2.24. The van der Waals surface area contributed by atoms with Crippen molar-refractivity contribution >= 4 is 17.6 Å². The fourth-order valence-corrected chi connectivity index (χ4v) is 3.13. The molecule has 0 saturated carbocycles. The number of nitrogens with one attached hydrogen (secondary N) is 2. The molecular weight excluding hydrogens is 318 g/mol. The van der Waals surface area contributed by atoms with Crippen LogP contribution in [0.5, 0.6) is 0 Å². The summed E-state index contributed by atoms with van der Waals surface area (Å²) in [5, 5.41) is 14.4. The van der Waals surface area contributed by atoms with Crippen LogP contribution in [0, 0.1) is 11.8 Å². The first-order chi connectivity index (χ1) is 11.8. The van der Waals surface area contributed by atoms with Crippen LogP contribution in [0.15, 0.2) is 12.1 Å². The van der Waals surface area contributed by atoms with Gasteiger partial charge in [-0.2, -0.15) is 5.10 Å². The van der Waals surface area contributed by atoms with E-state index in [-0.39, 0.29) is 23.1 Å². The van der Waals surface area contributed by atoms with Crippen molar-refractivity contribution in [1.29, 1.82) is 0 Å². The van der Waals surface area contributed by atoms with Crippen molar-refractivity contribution < 1.29 is 9.59 Å². The summed E-state index contributed by atoms with van der Waals surface area (Å²) in [5.41, 5.74) is 0.992. The normalized spacial score (nSPS) is 21.5. The number of carbonyl (C=O) groups is 2. The lowest BCUT2D eigenvalue weighted by atomic mass is 9.92. The molecule has 0 spiro atoms. The maximum Gasteiger partial charge on any atom is 0.224 e. The third-order valence-corrected chi connectivity index (χ3v) is 4.90. The summed E-state index contributed by atoms with van der Waals surface area (Å²) in [6, 6.07) is 4.06. The molecule has 2 aliphatic rings. The summed E-state index contributed by atoms with van der Waals surface area (Å²) >= 11 is 0. The topological polar surface area (TPSA) is 87.2 Å². The van der Waals surface area contributed by atoms with Crippen molar-refractivity contribution in [2.75, 3.05) is 31.1 Å². The first-order valence-electron chi connectivity index (χ1n) is 8.96. The minimum atomic E-state index is -0.0929. The number of piperidine rings is 1. The van der Waals surface area contributed by atoms with Crippen LogP contribution >= 0.6 is 0 Å². The summed E-state index contributed by atoms with van der Waals surface area (Å²) in [5.74, 6) is 1.33. The Labute approximate surface area is 148 Å². The Morgan fingerprint density at radius 1 is 1.32 bits per heavy atom. The van der Waals surface area contributed by atoms with Crippen LogP contribution in [0.1, 0.15) is 39.3 Å². The zero-order valence-electron chi connectivity index (χ0n) is 15.2. The van der Waals surface area contributed by atoms with E-state index in [0.29, 0.717) is 31.8 Å². The molecule has 7 heteroatoms. The Morgan fingerprint density at radius 2 is 2.08 bits per heavy atom. The van der Waals surface area contributed by atoms with Gasteiger partial charge in [-0.05, 0) is 18.6 Å². The SMILES string of the molecule is CC(C)(C)c1ccc(N2CC(CNC(=O)C3CCC(=O)NC3)C2)nn1. The van der Waals surface area contributed by atoms with Gasteiger partial charge in [-0.3, -0.25) is 9.59 Å². The molecule has 2 fully saturated rings. The van der Waals surface area contributed by atoms with E-state index in [1.807, 2.05) is 12.1 Å². The van der Waals surface area contributed by atoms with Crippen molar-refractivity contribution in [3.63, 3.8) is 0 Å². The molecule has 0 aliphatic carbocycles. The molecule has 1 aromatic heterocycles.